The number of rotatable bonds is 4. The van der Waals surface area contributed by atoms with Crippen molar-refractivity contribution in [1.29, 1.82) is 0 Å². The van der Waals surface area contributed by atoms with Crippen molar-refractivity contribution in [3.05, 3.63) is 0 Å². The van der Waals surface area contributed by atoms with Crippen LogP contribution in [0.25, 0.3) is 0 Å². The van der Waals surface area contributed by atoms with Crippen LogP contribution in [0.2, 0.25) is 0 Å². The molecule has 0 aliphatic carbocycles. The summed E-state index contributed by atoms with van der Waals surface area (Å²) in [7, 11) is 0. The summed E-state index contributed by atoms with van der Waals surface area (Å²) in [6.07, 6.45) is 4.25. The summed E-state index contributed by atoms with van der Waals surface area (Å²) in [6.45, 7) is 10.7. The van der Waals surface area contributed by atoms with Crippen molar-refractivity contribution in [3.63, 3.8) is 0 Å². The van der Waals surface area contributed by atoms with E-state index in [4.69, 9.17) is 0 Å². The Morgan fingerprint density at radius 3 is 2.08 bits per heavy atom. The van der Waals surface area contributed by atoms with E-state index in [9.17, 15) is 0 Å². The van der Waals surface area contributed by atoms with Crippen molar-refractivity contribution >= 4 is 0 Å². The highest BCUT2D eigenvalue weighted by molar-refractivity contribution is 4.64. The maximum Gasteiger partial charge on any atom is 0.0505 e. The summed E-state index contributed by atoms with van der Waals surface area (Å²) < 4.78 is 0. The molecule has 0 spiro atoms. The minimum Gasteiger partial charge on any atom is -0.291 e. The Bertz CT molecular complexity index is 104. The quantitative estimate of drug-likeness (QED) is 0.634. The van der Waals surface area contributed by atoms with Crippen LogP contribution in [-0.4, -0.2) is 42.6 Å². The van der Waals surface area contributed by atoms with E-state index in [1.54, 1.807) is 0 Å². The second-order valence-electron chi connectivity index (χ2n) is 3.62. The van der Waals surface area contributed by atoms with Crippen LogP contribution in [0, 0.1) is 0 Å². The fraction of sp³-hybridized carbons (Fsp3) is 1.00. The lowest BCUT2D eigenvalue weighted by molar-refractivity contribution is 0.121. The molecule has 0 atom stereocenters. The molecule has 1 rings (SSSR count). The van der Waals surface area contributed by atoms with Gasteiger partial charge in [0.1, 0.15) is 0 Å². The minimum absolute atomic E-state index is 1.19. The first kappa shape index (κ1) is 10.0. The van der Waals surface area contributed by atoms with Gasteiger partial charge in [-0.05, 0) is 39.0 Å². The molecular weight excluding hydrogens is 148 g/mol. The topological polar surface area (TPSA) is 6.48 Å². The van der Waals surface area contributed by atoms with Crippen LogP contribution in [0.3, 0.4) is 0 Å². The van der Waals surface area contributed by atoms with Crippen LogP contribution in [-0.2, 0) is 0 Å². The number of piperidine rings is 1. The molecule has 72 valence electrons. The normalized spacial score (nSPS) is 20.2. The lowest BCUT2D eigenvalue weighted by Crippen LogP contribution is -2.40. The van der Waals surface area contributed by atoms with Gasteiger partial charge in [0.05, 0.1) is 6.67 Å². The molecule has 1 aliphatic heterocycles. The lowest BCUT2D eigenvalue weighted by Gasteiger charge is -2.31. The number of likely N-dealkylation sites (tertiary alicyclic amines) is 1. The summed E-state index contributed by atoms with van der Waals surface area (Å²) in [6, 6.07) is 0. The molecule has 0 N–H and O–H groups in total. The predicted octanol–water partition coefficient (Wildman–Crippen LogP) is 1.77. The van der Waals surface area contributed by atoms with Crippen molar-refractivity contribution in [1.82, 2.24) is 9.80 Å². The molecule has 12 heavy (non-hydrogen) atoms. The van der Waals surface area contributed by atoms with Gasteiger partial charge >= 0.3 is 0 Å². The number of nitrogens with zero attached hydrogens (tertiary/aromatic N) is 2. The zero-order valence-corrected chi connectivity index (χ0v) is 8.55. The van der Waals surface area contributed by atoms with Gasteiger partial charge in [0.25, 0.3) is 0 Å². The van der Waals surface area contributed by atoms with Gasteiger partial charge in [-0.2, -0.15) is 0 Å². The molecule has 2 nitrogen and oxygen atoms in total. The molecule has 0 saturated carbocycles. The molecule has 0 bridgehead atoms. The van der Waals surface area contributed by atoms with Gasteiger partial charge < -0.3 is 0 Å². The average Bonchev–Trinajstić information content (AvgIpc) is 2.16. The Hall–Kier alpha value is -0.0800. The van der Waals surface area contributed by atoms with Crippen molar-refractivity contribution in [2.24, 2.45) is 0 Å². The average molecular weight is 170 g/mol. The predicted molar refractivity (Wildman–Crippen MR) is 53.2 cm³/mol. The van der Waals surface area contributed by atoms with Crippen LogP contribution in [0.1, 0.15) is 33.1 Å². The van der Waals surface area contributed by atoms with Gasteiger partial charge in [-0.25, -0.2) is 0 Å². The molecular formula is C10H22N2. The molecule has 0 unspecified atom stereocenters. The Labute approximate surface area is 76.5 Å². The van der Waals surface area contributed by atoms with Crippen LogP contribution < -0.4 is 0 Å². The van der Waals surface area contributed by atoms with Gasteiger partial charge in [0.2, 0.25) is 0 Å². The number of hydrogen-bond acceptors (Lipinski definition) is 2. The van der Waals surface area contributed by atoms with E-state index in [1.165, 1.54) is 52.1 Å². The molecule has 1 aliphatic rings. The summed E-state index contributed by atoms with van der Waals surface area (Å²) >= 11 is 0. The monoisotopic (exact) mass is 170 g/mol. The van der Waals surface area contributed by atoms with E-state index >= 15 is 0 Å². The molecule has 2 heteroatoms. The van der Waals surface area contributed by atoms with Gasteiger partial charge in [0.15, 0.2) is 0 Å². The second kappa shape index (κ2) is 5.55. The number of hydrogen-bond donors (Lipinski definition) is 0. The Kier molecular flexibility index (Phi) is 4.62. The highest BCUT2D eigenvalue weighted by Gasteiger charge is 2.11. The first-order chi connectivity index (χ1) is 5.86. The van der Waals surface area contributed by atoms with Crippen LogP contribution in [0.5, 0.6) is 0 Å². The highest BCUT2D eigenvalue weighted by Crippen LogP contribution is 2.08. The van der Waals surface area contributed by atoms with Gasteiger partial charge in [0, 0.05) is 0 Å². The van der Waals surface area contributed by atoms with Crippen molar-refractivity contribution in [2.45, 2.75) is 33.1 Å². The van der Waals surface area contributed by atoms with Gasteiger partial charge in [-0.15, -0.1) is 0 Å². The first-order valence-electron chi connectivity index (χ1n) is 5.31. The van der Waals surface area contributed by atoms with E-state index in [2.05, 4.69) is 23.6 Å². The first-order valence-corrected chi connectivity index (χ1v) is 5.31. The molecule has 0 aromatic heterocycles. The zero-order valence-electron chi connectivity index (χ0n) is 8.55. The van der Waals surface area contributed by atoms with E-state index in [0.717, 1.165) is 0 Å². The molecule has 1 fully saturated rings. The van der Waals surface area contributed by atoms with E-state index in [1.807, 2.05) is 0 Å². The SMILES string of the molecule is CCN(CC)CN1CCCCC1. The third-order valence-corrected chi connectivity index (χ3v) is 2.74. The van der Waals surface area contributed by atoms with Crippen molar-refractivity contribution in [2.75, 3.05) is 32.8 Å². The third kappa shape index (κ3) is 3.11. The van der Waals surface area contributed by atoms with Crippen molar-refractivity contribution in [3.8, 4) is 0 Å². The molecule has 0 aromatic rings. The van der Waals surface area contributed by atoms with Gasteiger partial charge in [-0.3, -0.25) is 9.80 Å². The smallest absolute Gasteiger partial charge is 0.0505 e. The lowest BCUT2D eigenvalue weighted by atomic mass is 10.1. The van der Waals surface area contributed by atoms with E-state index in [0.29, 0.717) is 0 Å². The Morgan fingerprint density at radius 1 is 1.00 bits per heavy atom. The molecule has 0 aromatic carbocycles. The maximum absolute atomic E-state index is 2.58. The molecule has 0 radical (unpaired) electrons. The summed E-state index contributed by atoms with van der Waals surface area (Å²) in [5, 5.41) is 0. The summed E-state index contributed by atoms with van der Waals surface area (Å²) in [5.74, 6) is 0. The Morgan fingerprint density at radius 2 is 1.58 bits per heavy atom. The zero-order chi connectivity index (χ0) is 8.81. The van der Waals surface area contributed by atoms with Crippen molar-refractivity contribution < 1.29 is 0 Å². The molecule has 1 saturated heterocycles. The van der Waals surface area contributed by atoms with E-state index in [-0.39, 0.29) is 0 Å². The van der Waals surface area contributed by atoms with Crippen LogP contribution >= 0.6 is 0 Å². The highest BCUT2D eigenvalue weighted by atomic mass is 15.3. The van der Waals surface area contributed by atoms with Crippen LogP contribution in [0.4, 0.5) is 0 Å². The third-order valence-electron chi connectivity index (χ3n) is 2.74. The maximum atomic E-state index is 2.58. The molecule has 1 heterocycles. The van der Waals surface area contributed by atoms with Gasteiger partial charge in [-0.1, -0.05) is 20.3 Å². The second-order valence-corrected chi connectivity index (χ2v) is 3.62. The fourth-order valence-corrected chi connectivity index (χ4v) is 1.81. The minimum atomic E-state index is 1.19. The van der Waals surface area contributed by atoms with E-state index < -0.39 is 0 Å². The van der Waals surface area contributed by atoms with Crippen LogP contribution in [0.15, 0.2) is 0 Å². The largest absolute Gasteiger partial charge is 0.291 e. The standard InChI is InChI=1S/C10H22N2/c1-3-11(4-2)10-12-8-6-5-7-9-12/h3-10H2,1-2H3. The summed E-state index contributed by atoms with van der Waals surface area (Å²) in [5.41, 5.74) is 0. The Balaban J connectivity index is 2.18. The molecule has 0 amide bonds. The fourth-order valence-electron chi connectivity index (χ4n) is 1.81. The summed E-state index contributed by atoms with van der Waals surface area (Å²) in [4.78, 5) is 5.07.